The van der Waals surface area contributed by atoms with Crippen LogP contribution < -0.4 is 9.47 Å². The Hall–Kier alpha value is -1.95. The third-order valence-corrected chi connectivity index (χ3v) is 2.10. The molecule has 84 valence electrons. The first-order chi connectivity index (χ1) is 7.71. The monoisotopic (exact) mass is 218 g/mol. The normalized spacial score (nSPS) is 8.94. The van der Waals surface area contributed by atoms with Gasteiger partial charge in [-0.15, -0.1) is 5.92 Å². The molecule has 0 unspecified atom stereocenters. The summed E-state index contributed by atoms with van der Waals surface area (Å²) >= 11 is 0. The van der Waals surface area contributed by atoms with Crippen LogP contribution in [0.25, 0.3) is 0 Å². The zero-order valence-corrected chi connectivity index (χ0v) is 9.66. The molecule has 3 heteroatoms. The number of ketones is 1. The number of carbonyl (C=O) groups excluding carboxylic acids is 1. The molecular formula is C13H14O3. The number of rotatable bonds is 4. The Bertz CT molecular complexity index is 416. The minimum atomic E-state index is -0.0356. The number of hydrogen-bond acceptors (Lipinski definition) is 3. The highest BCUT2D eigenvalue weighted by Crippen LogP contribution is 2.23. The van der Waals surface area contributed by atoms with Gasteiger partial charge in [-0.1, -0.05) is 5.92 Å². The van der Waals surface area contributed by atoms with E-state index in [0.29, 0.717) is 17.1 Å². The molecule has 1 rings (SSSR count). The molecule has 0 radical (unpaired) electrons. The summed E-state index contributed by atoms with van der Waals surface area (Å²) in [5, 5.41) is 0. The average Bonchev–Trinajstić information content (AvgIpc) is 2.35. The minimum absolute atomic E-state index is 0.0356. The second-order valence-corrected chi connectivity index (χ2v) is 3.13. The Morgan fingerprint density at radius 2 is 1.75 bits per heavy atom. The van der Waals surface area contributed by atoms with E-state index in [0.717, 1.165) is 0 Å². The molecule has 0 aromatic heterocycles. The van der Waals surface area contributed by atoms with Gasteiger partial charge in [0.1, 0.15) is 11.5 Å². The Kier molecular flexibility index (Phi) is 4.41. The largest absolute Gasteiger partial charge is 0.497 e. The van der Waals surface area contributed by atoms with Crippen molar-refractivity contribution in [2.24, 2.45) is 0 Å². The molecule has 0 saturated carbocycles. The van der Waals surface area contributed by atoms with E-state index in [1.807, 2.05) is 0 Å². The molecule has 0 atom stereocenters. The lowest BCUT2D eigenvalue weighted by molar-refractivity contribution is 0.0997. The lowest BCUT2D eigenvalue weighted by Gasteiger charge is -2.06. The predicted molar refractivity (Wildman–Crippen MR) is 61.9 cm³/mol. The molecule has 0 aliphatic carbocycles. The van der Waals surface area contributed by atoms with Crippen LogP contribution >= 0.6 is 0 Å². The van der Waals surface area contributed by atoms with Crippen LogP contribution in [0.3, 0.4) is 0 Å². The summed E-state index contributed by atoms with van der Waals surface area (Å²) in [6.45, 7) is 1.71. The van der Waals surface area contributed by atoms with E-state index in [9.17, 15) is 4.79 Å². The van der Waals surface area contributed by atoms with Crippen molar-refractivity contribution in [2.45, 2.75) is 13.3 Å². The van der Waals surface area contributed by atoms with E-state index >= 15 is 0 Å². The van der Waals surface area contributed by atoms with E-state index < -0.39 is 0 Å². The van der Waals surface area contributed by atoms with Crippen LogP contribution in [0, 0.1) is 11.8 Å². The van der Waals surface area contributed by atoms with E-state index in [1.165, 1.54) is 0 Å². The lowest BCUT2D eigenvalue weighted by Crippen LogP contribution is -1.99. The summed E-state index contributed by atoms with van der Waals surface area (Å²) in [6, 6.07) is 5.09. The standard InChI is InChI=1S/C13H14O3/c1-4-5-6-13(14)10-7-11(15-2)9-12(8-10)16-3/h7-9H,6H2,1-3H3. The first-order valence-electron chi connectivity index (χ1n) is 4.87. The fraction of sp³-hybridized carbons (Fsp3) is 0.308. The maximum absolute atomic E-state index is 11.7. The van der Waals surface area contributed by atoms with Crippen LogP contribution in [0.2, 0.25) is 0 Å². The third-order valence-electron chi connectivity index (χ3n) is 2.10. The van der Waals surface area contributed by atoms with E-state index in [4.69, 9.17) is 9.47 Å². The van der Waals surface area contributed by atoms with Gasteiger partial charge in [0.25, 0.3) is 0 Å². The van der Waals surface area contributed by atoms with Crippen molar-refractivity contribution in [1.29, 1.82) is 0 Å². The van der Waals surface area contributed by atoms with Gasteiger partial charge in [-0.05, 0) is 19.1 Å². The molecular weight excluding hydrogens is 204 g/mol. The summed E-state index contributed by atoms with van der Waals surface area (Å²) in [7, 11) is 3.10. The van der Waals surface area contributed by atoms with E-state index in [1.54, 1.807) is 39.3 Å². The number of Topliss-reactive ketones (excluding diaryl/α,β-unsaturated/α-hetero) is 1. The van der Waals surface area contributed by atoms with Crippen molar-refractivity contribution in [3.63, 3.8) is 0 Å². The first kappa shape index (κ1) is 12.1. The molecule has 0 aliphatic heterocycles. The molecule has 1 aromatic rings. The zero-order chi connectivity index (χ0) is 12.0. The number of benzene rings is 1. The molecule has 0 saturated heterocycles. The first-order valence-corrected chi connectivity index (χ1v) is 4.87. The van der Waals surface area contributed by atoms with Gasteiger partial charge in [0.2, 0.25) is 0 Å². The second-order valence-electron chi connectivity index (χ2n) is 3.13. The van der Waals surface area contributed by atoms with Crippen molar-refractivity contribution in [3.8, 4) is 23.3 Å². The van der Waals surface area contributed by atoms with Gasteiger partial charge < -0.3 is 9.47 Å². The van der Waals surface area contributed by atoms with Gasteiger partial charge in [-0.2, -0.15) is 0 Å². The molecule has 0 heterocycles. The van der Waals surface area contributed by atoms with Crippen LogP contribution in [0.1, 0.15) is 23.7 Å². The van der Waals surface area contributed by atoms with Crippen molar-refractivity contribution < 1.29 is 14.3 Å². The van der Waals surface area contributed by atoms with Crippen LogP contribution in [-0.2, 0) is 0 Å². The Balaban J connectivity index is 3.01. The smallest absolute Gasteiger partial charge is 0.175 e. The number of methoxy groups -OCH3 is 2. The van der Waals surface area contributed by atoms with Crippen LogP contribution in [0.5, 0.6) is 11.5 Å². The Morgan fingerprint density at radius 3 is 2.19 bits per heavy atom. The number of ether oxygens (including phenoxy) is 2. The fourth-order valence-corrected chi connectivity index (χ4v) is 1.24. The van der Waals surface area contributed by atoms with Gasteiger partial charge in [0.15, 0.2) is 5.78 Å². The summed E-state index contributed by atoms with van der Waals surface area (Å²) in [4.78, 5) is 11.7. The Labute approximate surface area is 95.4 Å². The van der Waals surface area contributed by atoms with Gasteiger partial charge in [0, 0.05) is 11.6 Å². The molecule has 16 heavy (non-hydrogen) atoms. The lowest BCUT2D eigenvalue weighted by atomic mass is 10.1. The molecule has 0 amide bonds. The maximum Gasteiger partial charge on any atom is 0.175 e. The molecule has 1 aromatic carbocycles. The summed E-state index contributed by atoms with van der Waals surface area (Å²) in [6.07, 6.45) is 0.215. The maximum atomic E-state index is 11.7. The van der Waals surface area contributed by atoms with Crippen LogP contribution in [0.4, 0.5) is 0 Å². The van der Waals surface area contributed by atoms with E-state index in [2.05, 4.69) is 11.8 Å². The van der Waals surface area contributed by atoms with Crippen LogP contribution in [0.15, 0.2) is 18.2 Å². The van der Waals surface area contributed by atoms with Crippen molar-refractivity contribution in [2.75, 3.05) is 14.2 Å². The van der Waals surface area contributed by atoms with Crippen LogP contribution in [-0.4, -0.2) is 20.0 Å². The zero-order valence-electron chi connectivity index (χ0n) is 9.66. The fourth-order valence-electron chi connectivity index (χ4n) is 1.24. The topological polar surface area (TPSA) is 35.5 Å². The molecule has 0 spiro atoms. The van der Waals surface area contributed by atoms with Crippen molar-refractivity contribution >= 4 is 5.78 Å². The third kappa shape index (κ3) is 3.03. The molecule has 0 bridgehead atoms. The van der Waals surface area contributed by atoms with Gasteiger partial charge in [0.05, 0.1) is 20.6 Å². The minimum Gasteiger partial charge on any atom is -0.497 e. The highest BCUT2D eigenvalue weighted by molar-refractivity contribution is 5.98. The highest BCUT2D eigenvalue weighted by Gasteiger charge is 2.08. The average molecular weight is 218 g/mol. The van der Waals surface area contributed by atoms with E-state index in [-0.39, 0.29) is 12.2 Å². The van der Waals surface area contributed by atoms with Crippen molar-refractivity contribution in [3.05, 3.63) is 23.8 Å². The molecule has 3 nitrogen and oxygen atoms in total. The van der Waals surface area contributed by atoms with Crippen molar-refractivity contribution in [1.82, 2.24) is 0 Å². The summed E-state index contributed by atoms with van der Waals surface area (Å²) in [5.74, 6) is 6.60. The molecule has 0 aliphatic rings. The molecule has 0 fully saturated rings. The SMILES string of the molecule is CC#CCC(=O)c1cc(OC)cc(OC)c1. The number of hydrogen-bond donors (Lipinski definition) is 0. The summed E-state index contributed by atoms with van der Waals surface area (Å²) in [5.41, 5.74) is 0.555. The van der Waals surface area contributed by atoms with Gasteiger partial charge in [-0.3, -0.25) is 4.79 Å². The predicted octanol–water partition coefficient (Wildman–Crippen LogP) is 2.30. The van der Waals surface area contributed by atoms with Gasteiger partial charge >= 0.3 is 0 Å². The number of carbonyl (C=O) groups is 1. The quantitative estimate of drug-likeness (QED) is 0.574. The second kappa shape index (κ2) is 5.82. The van der Waals surface area contributed by atoms with Gasteiger partial charge in [-0.25, -0.2) is 0 Å². The molecule has 0 N–H and O–H groups in total. The Morgan fingerprint density at radius 1 is 1.19 bits per heavy atom. The highest BCUT2D eigenvalue weighted by atomic mass is 16.5. The summed E-state index contributed by atoms with van der Waals surface area (Å²) < 4.78 is 10.2.